The summed E-state index contributed by atoms with van der Waals surface area (Å²) in [4.78, 5) is 23.8. The number of allylic oxidation sites excluding steroid dienone is 1. The summed E-state index contributed by atoms with van der Waals surface area (Å²) in [5.74, 6) is 1.74. The minimum atomic E-state index is -0.00534. The number of fused-ring (bicyclic) bond motifs is 2. The zero-order valence-corrected chi connectivity index (χ0v) is 20.0. The van der Waals surface area contributed by atoms with Crippen molar-refractivity contribution in [3.05, 3.63) is 52.9 Å². The Bertz CT molecular complexity index is 918. The number of ether oxygens (including phenoxy) is 1. The number of hydrogen-bond acceptors (Lipinski definition) is 5. The molecular formula is C25H36N4O2. The molecule has 0 saturated carbocycles. The molecule has 1 aromatic rings. The zero-order chi connectivity index (χ0) is 22.9. The van der Waals surface area contributed by atoms with Crippen molar-refractivity contribution in [3.63, 3.8) is 0 Å². The quantitative estimate of drug-likeness (QED) is 0.495. The first kappa shape index (κ1) is 23.1. The second-order valence-electron chi connectivity index (χ2n) is 8.81. The molecule has 3 rings (SSSR count). The summed E-state index contributed by atoms with van der Waals surface area (Å²) >= 11 is 0. The number of carbonyl (C=O) groups is 1. The van der Waals surface area contributed by atoms with Gasteiger partial charge < -0.3 is 14.5 Å². The number of methoxy groups -OCH3 is 1. The Hall–Kier alpha value is -2.60. The van der Waals surface area contributed by atoms with Crippen molar-refractivity contribution in [2.24, 2.45) is 4.99 Å². The molecule has 2 saturated heterocycles. The summed E-state index contributed by atoms with van der Waals surface area (Å²) in [6, 6.07) is 5.17. The monoisotopic (exact) mass is 424 g/mol. The molecule has 168 valence electrons. The third-order valence-corrected chi connectivity index (χ3v) is 6.83. The fourth-order valence-corrected chi connectivity index (χ4v) is 4.92. The molecule has 1 amide bonds. The molecule has 0 spiro atoms. The fourth-order valence-electron chi connectivity index (χ4n) is 4.92. The Labute approximate surface area is 186 Å². The second-order valence-corrected chi connectivity index (χ2v) is 8.81. The lowest BCUT2D eigenvalue weighted by molar-refractivity contribution is -0.129. The van der Waals surface area contributed by atoms with Crippen LogP contribution >= 0.6 is 0 Å². The highest BCUT2D eigenvalue weighted by molar-refractivity contribution is 6.11. The van der Waals surface area contributed by atoms with Crippen LogP contribution in [-0.4, -0.2) is 73.2 Å². The van der Waals surface area contributed by atoms with Crippen LogP contribution in [0, 0.1) is 13.8 Å². The molecule has 0 radical (unpaired) electrons. The lowest BCUT2D eigenvalue weighted by Gasteiger charge is -2.38. The lowest BCUT2D eigenvalue weighted by Crippen LogP contribution is -2.49. The largest absolute Gasteiger partial charge is 0.496 e. The minimum absolute atomic E-state index is 0.00534. The molecule has 3 atom stereocenters. The molecule has 6 nitrogen and oxygen atoms in total. The summed E-state index contributed by atoms with van der Waals surface area (Å²) in [7, 11) is 5.57. The smallest absolute Gasteiger partial charge is 0.255 e. The standard InChI is InChI=1S/C25H36N4O2/c1-9-24(27(6)7)26-13-16(2)25(30)29-15-20-12-21(29)14-28(20)19(5)22-10-11-23(31-8)18(4)17(22)3/h9-11,13,19-21H,2,12,14-15H2,1,3-8H3/b24-9+,26-13-/t19-,20-,21-/m0/s1. The SMILES string of the molecule is C=C(/C=N\C(=C/C)N(C)C)C(=O)N1C[C@@H]2C[C@H]1CN2[C@@H](C)c1ccc(OC)c(C)c1C. The Balaban J connectivity index is 1.67. The van der Waals surface area contributed by atoms with Gasteiger partial charge in [-0.3, -0.25) is 9.69 Å². The lowest BCUT2D eigenvalue weighted by atomic mass is 9.96. The number of benzene rings is 1. The first-order chi connectivity index (χ1) is 14.7. The van der Waals surface area contributed by atoms with Crippen LogP contribution in [0.3, 0.4) is 0 Å². The molecule has 6 heteroatoms. The number of hydrogen-bond donors (Lipinski definition) is 0. The number of aliphatic imine (C=N–C) groups is 1. The number of nitrogens with zero attached hydrogens (tertiary/aromatic N) is 4. The first-order valence-corrected chi connectivity index (χ1v) is 11.0. The summed E-state index contributed by atoms with van der Waals surface area (Å²) in [6.45, 7) is 14.1. The van der Waals surface area contributed by atoms with Crippen LogP contribution in [0.15, 0.2) is 41.2 Å². The minimum Gasteiger partial charge on any atom is -0.496 e. The molecule has 2 heterocycles. The molecular weight excluding hydrogens is 388 g/mol. The molecule has 2 bridgehead atoms. The van der Waals surface area contributed by atoms with Crippen LogP contribution in [0.1, 0.15) is 43.0 Å². The van der Waals surface area contributed by atoms with Gasteiger partial charge in [0.2, 0.25) is 0 Å². The average Bonchev–Trinajstić information content (AvgIpc) is 3.35. The predicted octanol–water partition coefficient (Wildman–Crippen LogP) is 3.71. The topological polar surface area (TPSA) is 48.4 Å². The maximum Gasteiger partial charge on any atom is 0.255 e. The molecule has 0 unspecified atom stereocenters. The summed E-state index contributed by atoms with van der Waals surface area (Å²) in [5, 5.41) is 0. The molecule has 2 fully saturated rings. The Kier molecular flexibility index (Phi) is 6.90. The van der Waals surface area contributed by atoms with Gasteiger partial charge in [0.1, 0.15) is 11.6 Å². The molecule has 0 aromatic heterocycles. The van der Waals surface area contributed by atoms with Crippen molar-refractivity contribution in [2.45, 2.75) is 52.2 Å². The number of rotatable bonds is 7. The number of piperazine rings is 1. The predicted molar refractivity (Wildman–Crippen MR) is 127 cm³/mol. The van der Waals surface area contributed by atoms with Gasteiger partial charge in [-0.05, 0) is 62.9 Å². The molecule has 2 aliphatic heterocycles. The van der Waals surface area contributed by atoms with E-state index in [9.17, 15) is 4.79 Å². The first-order valence-electron chi connectivity index (χ1n) is 11.0. The van der Waals surface area contributed by atoms with Gasteiger partial charge in [0, 0.05) is 51.5 Å². The molecule has 2 aliphatic rings. The van der Waals surface area contributed by atoms with Crippen molar-refractivity contribution in [2.75, 3.05) is 34.3 Å². The molecule has 31 heavy (non-hydrogen) atoms. The van der Waals surface area contributed by atoms with Crippen molar-refractivity contribution in [1.29, 1.82) is 0 Å². The number of amides is 1. The maximum atomic E-state index is 13.0. The normalized spacial score (nSPS) is 22.3. The highest BCUT2D eigenvalue weighted by Gasteiger charge is 2.47. The van der Waals surface area contributed by atoms with Gasteiger partial charge >= 0.3 is 0 Å². The molecule has 0 N–H and O–H groups in total. The van der Waals surface area contributed by atoms with Gasteiger partial charge in [0.15, 0.2) is 0 Å². The van der Waals surface area contributed by atoms with Crippen molar-refractivity contribution in [3.8, 4) is 5.75 Å². The Morgan fingerprint density at radius 2 is 1.97 bits per heavy atom. The van der Waals surface area contributed by atoms with E-state index in [1.54, 1.807) is 13.3 Å². The summed E-state index contributed by atoms with van der Waals surface area (Å²) < 4.78 is 5.47. The van der Waals surface area contributed by atoms with Crippen molar-refractivity contribution in [1.82, 2.24) is 14.7 Å². The van der Waals surface area contributed by atoms with E-state index in [0.29, 0.717) is 17.7 Å². The molecule has 0 aliphatic carbocycles. The fraction of sp³-hybridized carbons (Fsp3) is 0.520. The van der Waals surface area contributed by atoms with Gasteiger partial charge in [-0.15, -0.1) is 0 Å². The highest BCUT2D eigenvalue weighted by Crippen LogP contribution is 2.39. The van der Waals surface area contributed by atoms with E-state index < -0.39 is 0 Å². The van der Waals surface area contributed by atoms with Gasteiger partial charge in [0.25, 0.3) is 5.91 Å². The third kappa shape index (κ3) is 4.40. The van der Waals surface area contributed by atoms with Gasteiger partial charge in [-0.1, -0.05) is 12.6 Å². The number of carbonyl (C=O) groups excluding carboxylic acids is 1. The number of likely N-dealkylation sites (tertiary alicyclic amines) is 2. The van der Waals surface area contributed by atoms with E-state index in [4.69, 9.17) is 4.74 Å². The van der Waals surface area contributed by atoms with Crippen molar-refractivity contribution < 1.29 is 9.53 Å². The van der Waals surface area contributed by atoms with Crippen LogP contribution < -0.4 is 4.74 Å². The van der Waals surface area contributed by atoms with Crippen LogP contribution in [0.2, 0.25) is 0 Å². The average molecular weight is 425 g/mol. The van der Waals surface area contributed by atoms with E-state index in [0.717, 1.165) is 31.1 Å². The maximum absolute atomic E-state index is 13.0. The van der Waals surface area contributed by atoms with E-state index in [2.05, 4.69) is 49.4 Å². The van der Waals surface area contributed by atoms with Gasteiger partial charge in [0.05, 0.1) is 12.7 Å². The third-order valence-electron chi connectivity index (χ3n) is 6.83. The van der Waals surface area contributed by atoms with Crippen LogP contribution in [-0.2, 0) is 4.79 Å². The summed E-state index contributed by atoms with van der Waals surface area (Å²) in [6.07, 6.45) is 4.52. The van der Waals surface area contributed by atoms with Crippen LogP contribution in [0.25, 0.3) is 0 Å². The van der Waals surface area contributed by atoms with Crippen LogP contribution in [0.4, 0.5) is 0 Å². The highest BCUT2D eigenvalue weighted by atomic mass is 16.5. The van der Waals surface area contributed by atoms with Crippen molar-refractivity contribution >= 4 is 12.1 Å². The van der Waals surface area contributed by atoms with E-state index in [-0.39, 0.29) is 11.9 Å². The Morgan fingerprint density at radius 1 is 1.26 bits per heavy atom. The van der Waals surface area contributed by atoms with E-state index in [1.165, 1.54) is 16.7 Å². The zero-order valence-electron chi connectivity index (χ0n) is 20.0. The van der Waals surface area contributed by atoms with E-state index >= 15 is 0 Å². The Morgan fingerprint density at radius 3 is 2.52 bits per heavy atom. The van der Waals surface area contributed by atoms with Gasteiger partial charge in [-0.25, -0.2) is 4.99 Å². The second kappa shape index (κ2) is 9.27. The molecule has 1 aromatic carbocycles. The van der Waals surface area contributed by atoms with Crippen LogP contribution in [0.5, 0.6) is 5.75 Å². The summed E-state index contributed by atoms with van der Waals surface area (Å²) in [5.41, 5.74) is 4.26. The van der Waals surface area contributed by atoms with E-state index in [1.807, 2.05) is 36.9 Å². The van der Waals surface area contributed by atoms with Gasteiger partial charge in [-0.2, -0.15) is 0 Å².